The number of halogens is 4. The highest BCUT2D eigenvalue weighted by atomic mass is 35.5. The SMILES string of the molecule is COC(=O)c1cc(Cl)c(OC2CCCN(Cc3ccc(F)cc3Cl)C2)cc1F. The Morgan fingerprint density at radius 1 is 1.21 bits per heavy atom. The lowest BCUT2D eigenvalue weighted by atomic mass is 10.1. The summed E-state index contributed by atoms with van der Waals surface area (Å²) in [4.78, 5) is 13.7. The van der Waals surface area contributed by atoms with Crippen LogP contribution in [0.1, 0.15) is 28.8 Å². The van der Waals surface area contributed by atoms with Crippen molar-refractivity contribution in [1.29, 1.82) is 0 Å². The molecular formula is C20H19Cl2F2NO3. The normalized spacial score (nSPS) is 17.4. The number of hydrogen-bond acceptors (Lipinski definition) is 4. The topological polar surface area (TPSA) is 38.8 Å². The fourth-order valence-electron chi connectivity index (χ4n) is 3.21. The molecular weight excluding hydrogens is 411 g/mol. The van der Waals surface area contributed by atoms with Crippen molar-refractivity contribution in [3.8, 4) is 5.75 Å². The molecule has 1 atom stereocenters. The molecule has 2 aromatic carbocycles. The Hall–Kier alpha value is -1.89. The van der Waals surface area contributed by atoms with Crippen molar-refractivity contribution >= 4 is 29.2 Å². The van der Waals surface area contributed by atoms with Gasteiger partial charge in [-0.2, -0.15) is 0 Å². The van der Waals surface area contributed by atoms with Crippen LogP contribution in [-0.2, 0) is 11.3 Å². The molecule has 1 aliphatic rings. The molecule has 150 valence electrons. The number of benzene rings is 2. The van der Waals surface area contributed by atoms with Crippen molar-refractivity contribution in [2.24, 2.45) is 0 Å². The highest BCUT2D eigenvalue weighted by Crippen LogP contribution is 2.31. The Bertz CT molecular complexity index is 879. The maximum absolute atomic E-state index is 14.2. The Balaban J connectivity index is 1.68. The Morgan fingerprint density at radius 3 is 2.71 bits per heavy atom. The van der Waals surface area contributed by atoms with E-state index in [1.54, 1.807) is 6.07 Å². The molecule has 0 radical (unpaired) electrons. The van der Waals surface area contributed by atoms with E-state index in [0.717, 1.165) is 31.0 Å². The molecule has 28 heavy (non-hydrogen) atoms. The third kappa shape index (κ3) is 4.93. The number of esters is 1. The zero-order chi connectivity index (χ0) is 20.3. The van der Waals surface area contributed by atoms with Crippen molar-refractivity contribution in [3.05, 3.63) is 63.1 Å². The van der Waals surface area contributed by atoms with Gasteiger partial charge in [0.25, 0.3) is 0 Å². The van der Waals surface area contributed by atoms with Crippen molar-refractivity contribution in [1.82, 2.24) is 4.90 Å². The van der Waals surface area contributed by atoms with Crippen molar-refractivity contribution < 1.29 is 23.0 Å². The average molecular weight is 430 g/mol. The summed E-state index contributed by atoms with van der Waals surface area (Å²) in [6.07, 6.45) is 1.46. The first-order chi connectivity index (χ1) is 13.4. The minimum Gasteiger partial charge on any atom is -0.487 e. The molecule has 0 aromatic heterocycles. The molecule has 0 N–H and O–H groups in total. The molecule has 1 aliphatic heterocycles. The predicted octanol–water partition coefficient (Wildman–Crippen LogP) is 5.10. The highest BCUT2D eigenvalue weighted by molar-refractivity contribution is 6.32. The number of nitrogens with zero attached hydrogens (tertiary/aromatic N) is 1. The van der Waals surface area contributed by atoms with Crippen LogP contribution in [-0.4, -0.2) is 37.2 Å². The van der Waals surface area contributed by atoms with E-state index in [1.165, 1.54) is 25.3 Å². The number of carbonyl (C=O) groups is 1. The van der Waals surface area contributed by atoms with Crippen LogP contribution in [0.2, 0.25) is 10.0 Å². The summed E-state index contributed by atoms with van der Waals surface area (Å²) in [5.41, 5.74) is 0.589. The van der Waals surface area contributed by atoms with Gasteiger partial charge in [-0.25, -0.2) is 13.6 Å². The van der Waals surface area contributed by atoms with Crippen LogP contribution in [0.4, 0.5) is 8.78 Å². The largest absolute Gasteiger partial charge is 0.487 e. The molecule has 8 heteroatoms. The second-order valence-corrected chi connectivity index (χ2v) is 7.42. The molecule has 3 rings (SSSR count). The first-order valence-electron chi connectivity index (χ1n) is 8.77. The number of methoxy groups -OCH3 is 1. The average Bonchev–Trinajstić information content (AvgIpc) is 2.66. The summed E-state index contributed by atoms with van der Waals surface area (Å²) in [5, 5.41) is 0.520. The summed E-state index contributed by atoms with van der Waals surface area (Å²) in [6.45, 7) is 1.99. The number of piperidine rings is 1. The molecule has 4 nitrogen and oxygen atoms in total. The molecule has 0 saturated carbocycles. The van der Waals surface area contributed by atoms with Gasteiger partial charge in [0.2, 0.25) is 0 Å². The molecule has 2 aromatic rings. The van der Waals surface area contributed by atoms with Gasteiger partial charge in [0.15, 0.2) is 0 Å². The summed E-state index contributed by atoms with van der Waals surface area (Å²) >= 11 is 12.3. The van der Waals surface area contributed by atoms with Gasteiger partial charge in [-0.1, -0.05) is 29.3 Å². The summed E-state index contributed by atoms with van der Waals surface area (Å²) < 4.78 is 37.8. The molecule has 0 bridgehead atoms. The van der Waals surface area contributed by atoms with Gasteiger partial charge in [-0.3, -0.25) is 4.90 Å². The fourth-order valence-corrected chi connectivity index (χ4v) is 3.64. The lowest BCUT2D eigenvalue weighted by molar-refractivity contribution is 0.0595. The van der Waals surface area contributed by atoms with Gasteiger partial charge < -0.3 is 9.47 Å². The predicted molar refractivity (Wildman–Crippen MR) is 103 cm³/mol. The van der Waals surface area contributed by atoms with Crippen LogP contribution in [0, 0.1) is 11.6 Å². The summed E-state index contributed by atoms with van der Waals surface area (Å²) in [6, 6.07) is 6.64. The number of ether oxygens (including phenoxy) is 2. The van der Waals surface area contributed by atoms with Crippen LogP contribution in [0.3, 0.4) is 0 Å². The maximum Gasteiger partial charge on any atom is 0.340 e. The van der Waals surface area contributed by atoms with E-state index < -0.39 is 11.8 Å². The van der Waals surface area contributed by atoms with Gasteiger partial charge in [0.05, 0.1) is 17.7 Å². The van der Waals surface area contributed by atoms with Crippen LogP contribution >= 0.6 is 23.2 Å². The number of likely N-dealkylation sites (tertiary alicyclic amines) is 1. The lowest BCUT2D eigenvalue weighted by Crippen LogP contribution is -2.40. The van der Waals surface area contributed by atoms with Gasteiger partial charge in [0.1, 0.15) is 23.5 Å². The van der Waals surface area contributed by atoms with Crippen LogP contribution in [0.25, 0.3) is 0 Å². The highest BCUT2D eigenvalue weighted by Gasteiger charge is 2.24. The maximum atomic E-state index is 14.2. The van der Waals surface area contributed by atoms with E-state index >= 15 is 0 Å². The van der Waals surface area contributed by atoms with Gasteiger partial charge in [0, 0.05) is 24.2 Å². The molecule has 1 unspecified atom stereocenters. The Morgan fingerprint density at radius 2 is 2.00 bits per heavy atom. The zero-order valence-corrected chi connectivity index (χ0v) is 16.7. The van der Waals surface area contributed by atoms with Crippen molar-refractivity contribution in [3.63, 3.8) is 0 Å². The van der Waals surface area contributed by atoms with E-state index in [-0.39, 0.29) is 28.3 Å². The third-order valence-corrected chi connectivity index (χ3v) is 5.24. The first kappa shape index (κ1) is 20.8. The third-order valence-electron chi connectivity index (χ3n) is 4.59. The second-order valence-electron chi connectivity index (χ2n) is 6.61. The van der Waals surface area contributed by atoms with Crippen molar-refractivity contribution in [2.75, 3.05) is 20.2 Å². The Labute approximate surface area is 171 Å². The smallest absolute Gasteiger partial charge is 0.340 e. The fraction of sp³-hybridized carbons (Fsp3) is 0.350. The van der Waals surface area contributed by atoms with E-state index in [9.17, 15) is 13.6 Å². The van der Waals surface area contributed by atoms with Gasteiger partial charge in [-0.15, -0.1) is 0 Å². The zero-order valence-electron chi connectivity index (χ0n) is 15.2. The molecule has 1 saturated heterocycles. The lowest BCUT2D eigenvalue weighted by Gasteiger charge is -2.33. The van der Waals surface area contributed by atoms with Gasteiger partial charge >= 0.3 is 5.97 Å². The van der Waals surface area contributed by atoms with E-state index in [0.29, 0.717) is 18.1 Å². The molecule has 0 amide bonds. The van der Waals surface area contributed by atoms with Crippen LogP contribution in [0.15, 0.2) is 30.3 Å². The van der Waals surface area contributed by atoms with Crippen LogP contribution < -0.4 is 4.74 Å². The first-order valence-corrected chi connectivity index (χ1v) is 9.53. The standard InChI is InChI=1S/C20H19Cl2F2NO3/c1-27-20(26)15-8-17(22)19(9-18(15)24)28-14-3-2-6-25(11-14)10-12-4-5-13(23)7-16(12)21/h4-5,7-9,14H,2-3,6,10-11H2,1H3. The van der Waals surface area contributed by atoms with E-state index in [2.05, 4.69) is 9.64 Å². The monoisotopic (exact) mass is 429 g/mol. The number of carbonyl (C=O) groups excluding carboxylic acids is 1. The van der Waals surface area contributed by atoms with Crippen molar-refractivity contribution in [2.45, 2.75) is 25.5 Å². The summed E-state index contributed by atoms with van der Waals surface area (Å²) in [7, 11) is 1.17. The number of hydrogen-bond donors (Lipinski definition) is 0. The molecule has 1 heterocycles. The van der Waals surface area contributed by atoms with Gasteiger partial charge in [-0.05, 0) is 43.1 Å². The summed E-state index contributed by atoms with van der Waals surface area (Å²) in [5.74, 6) is -1.75. The minimum atomic E-state index is -0.800. The molecule has 0 aliphatic carbocycles. The van der Waals surface area contributed by atoms with E-state index in [1.807, 2.05) is 0 Å². The second kappa shape index (κ2) is 9.07. The van der Waals surface area contributed by atoms with E-state index in [4.69, 9.17) is 27.9 Å². The van der Waals surface area contributed by atoms with Crippen LogP contribution in [0.5, 0.6) is 5.75 Å². The Kier molecular flexibility index (Phi) is 6.75. The molecule has 0 spiro atoms. The molecule has 1 fully saturated rings. The minimum absolute atomic E-state index is 0.139. The quantitative estimate of drug-likeness (QED) is 0.619. The number of rotatable bonds is 5.